The molecule has 1 aliphatic rings. The van der Waals surface area contributed by atoms with Gasteiger partial charge in [-0.25, -0.2) is 4.79 Å². The summed E-state index contributed by atoms with van der Waals surface area (Å²) in [7, 11) is 3.25. The number of carbonyl (C=O) groups is 1. The van der Waals surface area contributed by atoms with E-state index in [0.717, 1.165) is 27.0 Å². The van der Waals surface area contributed by atoms with Crippen molar-refractivity contribution in [3.63, 3.8) is 0 Å². The van der Waals surface area contributed by atoms with Crippen LogP contribution in [-0.4, -0.2) is 31.7 Å². The van der Waals surface area contributed by atoms with Gasteiger partial charge in [0.1, 0.15) is 0 Å². The average Bonchev–Trinajstić information content (AvgIpc) is 2.59. The number of urea groups is 1. The summed E-state index contributed by atoms with van der Waals surface area (Å²) < 4.78 is 11.8. The minimum absolute atomic E-state index is 0.0857. The Labute approximate surface area is 155 Å². The number of carbonyl (C=O) groups excluding carboxylic acids is 1. The maximum Gasteiger partial charge on any atom is 0.322 e. The SMILES string of the molecule is COc1cc2c(cc1OC)CN(C(=O)Nc1cccc(I)c1)CC2. The summed E-state index contributed by atoms with van der Waals surface area (Å²) in [5, 5.41) is 2.96. The van der Waals surface area contributed by atoms with Gasteiger partial charge in [-0.15, -0.1) is 0 Å². The molecule has 0 saturated heterocycles. The molecule has 3 rings (SSSR count). The van der Waals surface area contributed by atoms with Crippen molar-refractivity contribution < 1.29 is 14.3 Å². The smallest absolute Gasteiger partial charge is 0.322 e. The van der Waals surface area contributed by atoms with Crippen LogP contribution < -0.4 is 14.8 Å². The zero-order chi connectivity index (χ0) is 17.1. The molecule has 0 saturated carbocycles. The number of methoxy groups -OCH3 is 2. The van der Waals surface area contributed by atoms with Crippen molar-refractivity contribution in [3.8, 4) is 11.5 Å². The van der Waals surface area contributed by atoms with E-state index in [9.17, 15) is 4.79 Å². The number of benzene rings is 2. The number of hydrogen-bond donors (Lipinski definition) is 1. The standard InChI is InChI=1S/C18H19IN2O3/c1-23-16-8-12-6-7-21(11-13(12)9-17(16)24-2)18(22)20-15-5-3-4-14(19)10-15/h3-5,8-10H,6-7,11H2,1-2H3,(H,20,22). The molecule has 1 heterocycles. The lowest BCUT2D eigenvalue weighted by molar-refractivity contribution is 0.206. The lowest BCUT2D eigenvalue weighted by Crippen LogP contribution is -2.38. The zero-order valence-electron chi connectivity index (χ0n) is 13.6. The van der Waals surface area contributed by atoms with Crippen LogP contribution in [0.1, 0.15) is 11.1 Å². The quantitative estimate of drug-likeness (QED) is 0.740. The molecule has 2 aromatic carbocycles. The molecule has 0 unspecified atom stereocenters. The summed E-state index contributed by atoms with van der Waals surface area (Å²) in [4.78, 5) is 14.3. The first-order valence-electron chi connectivity index (χ1n) is 7.66. The van der Waals surface area contributed by atoms with Crippen molar-refractivity contribution in [3.05, 3.63) is 51.1 Å². The van der Waals surface area contributed by atoms with Gasteiger partial charge in [0.25, 0.3) is 0 Å². The Balaban J connectivity index is 1.75. The lowest BCUT2D eigenvalue weighted by Gasteiger charge is -2.29. The highest BCUT2D eigenvalue weighted by atomic mass is 127. The molecule has 0 atom stereocenters. The highest BCUT2D eigenvalue weighted by Gasteiger charge is 2.23. The molecular formula is C18H19IN2O3. The molecule has 1 aliphatic heterocycles. The summed E-state index contributed by atoms with van der Waals surface area (Å²) in [6.07, 6.45) is 0.801. The van der Waals surface area contributed by atoms with Crippen LogP contribution in [0.15, 0.2) is 36.4 Å². The third kappa shape index (κ3) is 3.58. The number of fused-ring (bicyclic) bond motifs is 1. The van der Waals surface area contributed by atoms with E-state index in [1.54, 1.807) is 14.2 Å². The Hall–Kier alpha value is -1.96. The van der Waals surface area contributed by atoms with Crippen LogP contribution in [0, 0.1) is 3.57 Å². The van der Waals surface area contributed by atoms with Crippen molar-refractivity contribution in [2.24, 2.45) is 0 Å². The van der Waals surface area contributed by atoms with E-state index < -0.39 is 0 Å². The molecule has 2 amide bonds. The van der Waals surface area contributed by atoms with Gasteiger partial charge in [-0.1, -0.05) is 6.07 Å². The van der Waals surface area contributed by atoms with Gasteiger partial charge in [0, 0.05) is 22.3 Å². The summed E-state index contributed by atoms with van der Waals surface area (Å²) in [5.41, 5.74) is 3.10. The molecule has 0 radical (unpaired) electrons. The van der Waals surface area contributed by atoms with Gasteiger partial charge >= 0.3 is 6.03 Å². The lowest BCUT2D eigenvalue weighted by atomic mass is 9.99. The number of rotatable bonds is 3. The molecular weight excluding hydrogens is 419 g/mol. The highest BCUT2D eigenvalue weighted by molar-refractivity contribution is 14.1. The van der Waals surface area contributed by atoms with Gasteiger partial charge in [0.05, 0.1) is 14.2 Å². The first-order valence-corrected chi connectivity index (χ1v) is 8.74. The van der Waals surface area contributed by atoms with E-state index in [4.69, 9.17) is 9.47 Å². The van der Waals surface area contributed by atoms with Crippen molar-refractivity contribution in [2.45, 2.75) is 13.0 Å². The Morgan fingerprint density at radius 2 is 1.83 bits per heavy atom. The minimum atomic E-state index is -0.0857. The second-order valence-corrected chi connectivity index (χ2v) is 6.83. The molecule has 0 fully saturated rings. The minimum Gasteiger partial charge on any atom is -0.493 e. The molecule has 5 nitrogen and oxygen atoms in total. The van der Waals surface area contributed by atoms with Crippen molar-refractivity contribution in [1.29, 1.82) is 0 Å². The molecule has 0 spiro atoms. The Kier molecular flexibility index (Phi) is 5.13. The van der Waals surface area contributed by atoms with E-state index in [0.29, 0.717) is 18.8 Å². The van der Waals surface area contributed by atoms with Crippen LogP contribution in [-0.2, 0) is 13.0 Å². The fourth-order valence-electron chi connectivity index (χ4n) is 2.83. The Morgan fingerprint density at radius 1 is 1.12 bits per heavy atom. The summed E-state index contributed by atoms with van der Waals surface area (Å²) in [5.74, 6) is 1.42. The van der Waals surface area contributed by atoms with E-state index in [2.05, 4.69) is 27.9 Å². The number of amides is 2. The molecule has 2 aromatic rings. The summed E-state index contributed by atoms with van der Waals surface area (Å²) in [6.45, 7) is 1.24. The normalized spacial score (nSPS) is 13.2. The first kappa shape index (κ1) is 16.9. The molecule has 0 bridgehead atoms. The van der Waals surface area contributed by atoms with Gasteiger partial charge in [0.15, 0.2) is 11.5 Å². The Morgan fingerprint density at radius 3 is 2.50 bits per heavy atom. The van der Waals surface area contributed by atoms with E-state index in [1.807, 2.05) is 41.3 Å². The topological polar surface area (TPSA) is 50.8 Å². The number of ether oxygens (including phenoxy) is 2. The predicted octanol–water partition coefficient (Wildman–Crippen LogP) is 3.90. The summed E-state index contributed by atoms with van der Waals surface area (Å²) in [6, 6.07) is 11.6. The number of nitrogens with zero attached hydrogens (tertiary/aromatic N) is 1. The van der Waals surface area contributed by atoms with Crippen LogP contribution in [0.25, 0.3) is 0 Å². The van der Waals surface area contributed by atoms with Crippen LogP contribution in [0.5, 0.6) is 11.5 Å². The van der Waals surface area contributed by atoms with Crippen molar-refractivity contribution >= 4 is 34.3 Å². The van der Waals surface area contributed by atoms with Crippen LogP contribution in [0.4, 0.5) is 10.5 Å². The molecule has 6 heteroatoms. The largest absolute Gasteiger partial charge is 0.493 e. The molecule has 0 aliphatic carbocycles. The van der Waals surface area contributed by atoms with Crippen LogP contribution in [0.3, 0.4) is 0 Å². The molecule has 1 N–H and O–H groups in total. The summed E-state index contributed by atoms with van der Waals surface area (Å²) >= 11 is 2.23. The van der Waals surface area contributed by atoms with Gasteiger partial charge in [-0.2, -0.15) is 0 Å². The van der Waals surface area contributed by atoms with E-state index in [-0.39, 0.29) is 6.03 Å². The van der Waals surface area contributed by atoms with Gasteiger partial charge < -0.3 is 19.7 Å². The zero-order valence-corrected chi connectivity index (χ0v) is 15.8. The maximum atomic E-state index is 12.5. The Bertz CT molecular complexity index is 764. The van der Waals surface area contributed by atoms with E-state index >= 15 is 0 Å². The fraction of sp³-hybridized carbons (Fsp3) is 0.278. The predicted molar refractivity (Wildman–Crippen MR) is 102 cm³/mol. The molecule has 0 aromatic heterocycles. The second-order valence-electron chi connectivity index (χ2n) is 5.59. The first-order chi connectivity index (χ1) is 11.6. The number of nitrogens with one attached hydrogen (secondary N) is 1. The van der Waals surface area contributed by atoms with Crippen molar-refractivity contribution in [2.75, 3.05) is 26.1 Å². The van der Waals surface area contributed by atoms with Gasteiger partial charge in [0.2, 0.25) is 0 Å². The van der Waals surface area contributed by atoms with Gasteiger partial charge in [-0.05, 0) is 70.5 Å². The van der Waals surface area contributed by atoms with Crippen LogP contribution in [0.2, 0.25) is 0 Å². The van der Waals surface area contributed by atoms with Gasteiger partial charge in [-0.3, -0.25) is 0 Å². The third-order valence-corrected chi connectivity index (χ3v) is 4.75. The monoisotopic (exact) mass is 438 g/mol. The second kappa shape index (κ2) is 7.29. The fourth-order valence-corrected chi connectivity index (χ4v) is 3.37. The number of anilines is 1. The van der Waals surface area contributed by atoms with Crippen molar-refractivity contribution in [1.82, 2.24) is 4.90 Å². The highest BCUT2D eigenvalue weighted by Crippen LogP contribution is 2.33. The maximum absolute atomic E-state index is 12.5. The van der Waals surface area contributed by atoms with Crippen LogP contribution >= 0.6 is 22.6 Å². The van der Waals surface area contributed by atoms with E-state index in [1.165, 1.54) is 5.56 Å². The number of halogens is 1. The average molecular weight is 438 g/mol. The number of hydrogen-bond acceptors (Lipinski definition) is 3. The molecule has 24 heavy (non-hydrogen) atoms. The third-order valence-electron chi connectivity index (χ3n) is 4.08. The molecule has 126 valence electrons.